The Kier molecular flexibility index (Phi) is 5.31. The van der Waals surface area contributed by atoms with E-state index in [0.717, 1.165) is 10.9 Å². The van der Waals surface area contributed by atoms with Gasteiger partial charge in [-0.05, 0) is 38.5 Å². The second-order valence-electron chi connectivity index (χ2n) is 8.08. The van der Waals surface area contributed by atoms with Gasteiger partial charge in [-0.15, -0.1) is 0 Å². The zero-order chi connectivity index (χ0) is 21.6. The highest BCUT2D eigenvalue weighted by Gasteiger charge is 2.52. The van der Waals surface area contributed by atoms with Crippen LogP contribution in [0, 0.1) is 6.92 Å². The van der Waals surface area contributed by atoms with E-state index in [1.165, 1.54) is 13.0 Å². The molecule has 2 aromatic rings. The number of fused-ring (bicyclic) bond motifs is 2. The Morgan fingerprint density at radius 2 is 2.07 bits per heavy atom. The summed E-state index contributed by atoms with van der Waals surface area (Å²) in [5.74, 6) is -0.866. The average Bonchev–Trinajstić information content (AvgIpc) is 2.64. The summed E-state index contributed by atoms with van der Waals surface area (Å²) in [5.41, 5.74) is 0.698. The molecular weight excluding hydrogens is 394 g/mol. The van der Waals surface area contributed by atoms with Crippen LogP contribution in [-0.2, 0) is 19.0 Å². The number of amides is 1. The number of ether oxygens (including phenoxy) is 4. The zero-order valence-electron chi connectivity index (χ0n) is 17.2. The van der Waals surface area contributed by atoms with Gasteiger partial charge in [-0.25, -0.2) is 4.79 Å². The second-order valence-corrected chi connectivity index (χ2v) is 8.08. The van der Waals surface area contributed by atoms with Crippen molar-refractivity contribution in [3.05, 3.63) is 40.2 Å². The smallest absolute Gasteiger partial charge is 0.336 e. The van der Waals surface area contributed by atoms with Gasteiger partial charge in [-0.1, -0.05) is 0 Å². The third-order valence-electron chi connectivity index (χ3n) is 5.23. The van der Waals surface area contributed by atoms with E-state index in [0.29, 0.717) is 11.3 Å². The number of aliphatic hydroxyl groups excluding tert-OH is 1. The second kappa shape index (κ2) is 7.66. The van der Waals surface area contributed by atoms with Crippen molar-refractivity contribution >= 4 is 16.9 Å². The lowest BCUT2D eigenvalue weighted by Gasteiger charge is -2.49. The van der Waals surface area contributed by atoms with Crippen molar-refractivity contribution in [1.29, 1.82) is 0 Å². The molecule has 5 atom stereocenters. The summed E-state index contributed by atoms with van der Waals surface area (Å²) >= 11 is 0. The van der Waals surface area contributed by atoms with Gasteiger partial charge in [0.15, 0.2) is 5.79 Å². The topological polar surface area (TPSA) is 116 Å². The summed E-state index contributed by atoms with van der Waals surface area (Å²) in [6.45, 7) is 6.86. The fourth-order valence-electron chi connectivity index (χ4n) is 3.85. The van der Waals surface area contributed by atoms with E-state index >= 15 is 0 Å². The molecule has 5 unspecified atom stereocenters. The van der Waals surface area contributed by atoms with Crippen LogP contribution in [0.1, 0.15) is 26.3 Å². The Bertz CT molecular complexity index is 1020. The first-order valence-corrected chi connectivity index (χ1v) is 9.76. The Morgan fingerprint density at radius 1 is 1.30 bits per heavy atom. The Balaban J connectivity index is 1.62. The summed E-state index contributed by atoms with van der Waals surface area (Å²) in [5, 5.41) is 14.4. The molecule has 0 radical (unpaired) electrons. The van der Waals surface area contributed by atoms with Crippen molar-refractivity contribution in [2.24, 2.45) is 0 Å². The maximum Gasteiger partial charge on any atom is 0.336 e. The third kappa shape index (κ3) is 4.06. The Hall–Kier alpha value is -2.46. The number of carbonyl (C=O) groups excluding carboxylic acids is 1. The lowest BCUT2D eigenvalue weighted by Crippen LogP contribution is -2.69. The molecule has 2 N–H and O–H groups in total. The van der Waals surface area contributed by atoms with Crippen molar-refractivity contribution < 1.29 is 33.3 Å². The van der Waals surface area contributed by atoms with Gasteiger partial charge in [0.1, 0.15) is 35.7 Å². The van der Waals surface area contributed by atoms with Crippen LogP contribution in [0.5, 0.6) is 5.75 Å². The number of rotatable bonds is 3. The molecular formula is C21H25NO8. The standard InChI is InChI=1S/C21H25NO8/c1-10-7-16(24)28-14-8-12(5-6-13(10)14)27-20-17(22-11(2)23)18(25)19-15(29-20)9-26-21(3,4)30-19/h5-8,15,17-20,25H,9H2,1-4H3,(H,22,23). The highest BCUT2D eigenvalue weighted by molar-refractivity contribution is 5.81. The number of benzene rings is 1. The fraction of sp³-hybridized carbons (Fsp3) is 0.524. The molecule has 3 heterocycles. The molecule has 9 heteroatoms. The molecule has 0 bridgehead atoms. The normalized spacial score (nSPS) is 30.5. The molecule has 9 nitrogen and oxygen atoms in total. The van der Waals surface area contributed by atoms with Crippen LogP contribution in [0.25, 0.3) is 11.0 Å². The number of aliphatic hydroxyl groups is 1. The minimum atomic E-state index is -1.08. The van der Waals surface area contributed by atoms with Crippen molar-refractivity contribution in [2.45, 2.75) is 64.1 Å². The lowest BCUT2D eigenvalue weighted by molar-refractivity contribution is -0.361. The molecule has 2 fully saturated rings. The van der Waals surface area contributed by atoms with Crippen molar-refractivity contribution in [3.8, 4) is 5.75 Å². The number of nitrogens with one attached hydrogen (secondary N) is 1. The summed E-state index contributed by atoms with van der Waals surface area (Å²) in [4.78, 5) is 23.4. The SMILES string of the molecule is CC(=O)NC1C(Oc2ccc3c(C)cc(=O)oc3c2)OC2COC(C)(C)OC2C1O. The first-order chi connectivity index (χ1) is 14.1. The van der Waals surface area contributed by atoms with Crippen LogP contribution >= 0.6 is 0 Å². The van der Waals surface area contributed by atoms with Crippen molar-refractivity contribution in [3.63, 3.8) is 0 Å². The predicted octanol–water partition coefficient (Wildman–Crippen LogP) is 1.22. The number of hydrogen-bond acceptors (Lipinski definition) is 8. The van der Waals surface area contributed by atoms with Gasteiger partial charge in [-0.3, -0.25) is 4.79 Å². The lowest BCUT2D eigenvalue weighted by atomic mass is 9.95. The van der Waals surface area contributed by atoms with Crippen LogP contribution < -0.4 is 15.7 Å². The van der Waals surface area contributed by atoms with Crippen LogP contribution in [-0.4, -0.2) is 54.1 Å². The molecule has 1 aromatic heterocycles. The van der Waals surface area contributed by atoms with Gasteiger partial charge in [0.2, 0.25) is 12.2 Å². The van der Waals surface area contributed by atoms with Gasteiger partial charge >= 0.3 is 5.63 Å². The van der Waals surface area contributed by atoms with Gasteiger partial charge in [0.05, 0.1) is 6.61 Å². The van der Waals surface area contributed by atoms with E-state index in [9.17, 15) is 14.7 Å². The van der Waals surface area contributed by atoms with Crippen LogP contribution in [0.2, 0.25) is 0 Å². The van der Waals surface area contributed by atoms with Crippen LogP contribution in [0.15, 0.2) is 33.5 Å². The molecule has 4 rings (SSSR count). The molecule has 30 heavy (non-hydrogen) atoms. The van der Waals surface area contributed by atoms with Crippen molar-refractivity contribution in [2.75, 3.05) is 6.61 Å². The molecule has 0 spiro atoms. The molecule has 0 saturated carbocycles. The van der Waals surface area contributed by atoms with Crippen molar-refractivity contribution in [1.82, 2.24) is 5.32 Å². The maximum atomic E-state index is 11.7. The zero-order valence-corrected chi connectivity index (χ0v) is 17.2. The minimum absolute atomic E-state index is 0.202. The molecule has 2 aliphatic heterocycles. The van der Waals surface area contributed by atoms with E-state index in [4.69, 9.17) is 23.4 Å². The third-order valence-corrected chi connectivity index (χ3v) is 5.23. The van der Waals surface area contributed by atoms with E-state index in [2.05, 4.69) is 5.32 Å². The van der Waals surface area contributed by atoms with E-state index < -0.39 is 42.1 Å². The Morgan fingerprint density at radius 3 is 2.80 bits per heavy atom. The number of hydrogen-bond donors (Lipinski definition) is 2. The molecule has 2 aliphatic rings. The van der Waals surface area contributed by atoms with Crippen LogP contribution in [0.3, 0.4) is 0 Å². The van der Waals surface area contributed by atoms with Crippen LogP contribution in [0.4, 0.5) is 0 Å². The maximum absolute atomic E-state index is 11.7. The molecule has 1 aromatic carbocycles. The molecule has 2 saturated heterocycles. The van der Waals surface area contributed by atoms with E-state index in [-0.39, 0.29) is 12.5 Å². The van der Waals surface area contributed by atoms with Gasteiger partial charge in [0.25, 0.3) is 0 Å². The number of carbonyl (C=O) groups is 1. The molecule has 0 aliphatic carbocycles. The van der Waals surface area contributed by atoms with E-state index in [1.54, 1.807) is 32.0 Å². The minimum Gasteiger partial charge on any atom is -0.462 e. The summed E-state index contributed by atoms with van der Waals surface area (Å²) in [6, 6.07) is 5.60. The first-order valence-electron chi connectivity index (χ1n) is 9.76. The van der Waals surface area contributed by atoms with E-state index in [1.807, 2.05) is 6.92 Å². The van der Waals surface area contributed by atoms with Gasteiger partial charge in [-0.2, -0.15) is 0 Å². The number of aryl methyl sites for hydroxylation is 1. The molecule has 162 valence electrons. The largest absolute Gasteiger partial charge is 0.462 e. The molecule has 1 amide bonds. The highest BCUT2D eigenvalue weighted by atomic mass is 16.8. The average molecular weight is 419 g/mol. The first kappa shape index (κ1) is 20.8. The predicted molar refractivity (Wildman–Crippen MR) is 105 cm³/mol. The van der Waals surface area contributed by atoms with Gasteiger partial charge < -0.3 is 33.8 Å². The summed E-state index contributed by atoms with van der Waals surface area (Å²) < 4.78 is 28.7. The quantitative estimate of drug-likeness (QED) is 0.714. The monoisotopic (exact) mass is 419 g/mol. The Labute approximate surface area is 172 Å². The van der Waals surface area contributed by atoms with Gasteiger partial charge in [0, 0.05) is 24.4 Å². The highest BCUT2D eigenvalue weighted by Crippen LogP contribution is 2.34. The summed E-state index contributed by atoms with van der Waals surface area (Å²) in [6.07, 6.45) is -3.36. The fourth-order valence-corrected chi connectivity index (χ4v) is 3.85. The summed E-state index contributed by atoms with van der Waals surface area (Å²) in [7, 11) is 0.